The molecule has 0 saturated carbocycles. The lowest BCUT2D eigenvalue weighted by Crippen LogP contribution is -2.41. The van der Waals surface area contributed by atoms with Crippen molar-refractivity contribution in [1.29, 1.82) is 0 Å². The number of carbonyl (C=O) groups excluding carboxylic acids is 1. The van der Waals surface area contributed by atoms with Crippen molar-refractivity contribution in [2.45, 2.75) is 44.6 Å². The predicted molar refractivity (Wildman–Crippen MR) is 102 cm³/mol. The molecular weight excluding hydrogens is 374 g/mol. The molecule has 2 aromatic rings. The summed E-state index contributed by atoms with van der Waals surface area (Å²) in [5.74, 6) is 0.552. The first-order valence-corrected chi connectivity index (χ1v) is 10.6. The van der Waals surface area contributed by atoms with Crippen LogP contribution in [0.15, 0.2) is 28.5 Å². The van der Waals surface area contributed by atoms with Gasteiger partial charge in [-0.15, -0.1) is 11.3 Å². The molecule has 1 aromatic heterocycles. The van der Waals surface area contributed by atoms with E-state index in [0.29, 0.717) is 23.1 Å². The molecule has 0 spiro atoms. The molecule has 7 nitrogen and oxygen atoms in total. The van der Waals surface area contributed by atoms with Crippen molar-refractivity contribution in [3.05, 3.63) is 29.3 Å². The van der Waals surface area contributed by atoms with E-state index in [-0.39, 0.29) is 22.8 Å². The van der Waals surface area contributed by atoms with Gasteiger partial charge in [0.05, 0.1) is 22.8 Å². The van der Waals surface area contributed by atoms with Crippen LogP contribution >= 0.6 is 11.3 Å². The van der Waals surface area contributed by atoms with Gasteiger partial charge >= 0.3 is 0 Å². The van der Waals surface area contributed by atoms with E-state index in [1.54, 1.807) is 6.07 Å². The highest BCUT2D eigenvalue weighted by Gasteiger charge is 2.28. The molecule has 2 heterocycles. The maximum atomic E-state index is 12.7. The summed E-state index contributed by atoms with van der Waals surface area (Å²) < 4.78 is 33.7. The third-order valence-corrected chi connectivity index (χ3v) is 6.26. The number of ether oxygens (including phenoxy) is 1. The van der Waals surface area contributed by atoms with Crippen LogP contribution in [0.2, 0.25) is 0 Å². The van der Waals surface area contributed by atoms with E-state index in [4.69, 9.17) is 4.74 Å². The number of anilines is 2. The number of rotatable bonds is 4. The number of hydrogen-bond acceptors (Lipinski definition) is 6. The van der Waals surface area contributed by atoms with Gasteiger partial charge in [-0.2, -0.15) is 0 Å². The SMILES string of the molecule is CC(=O)N1CC(C)Oc2ccc(S(=O)(=O)Nc3nc(C(C)C)cs3)cc21. The van der Waals surface area contributed by atoms with Crippen molar-refractivity contribution >= 4 is 38.1 Å². The molecule has 0 saturated heterocycles. The summed E-state index contributed by atoms with van der Waals surface area (Å²) in [4.78, 5) is 17.8. The fraction of sp³-hybridized carbons (Fsp3) is 0.412. The van der Waals surface area contributed by atoms with Crippen LogP contribution in [0.25, 0.3) is 0 Å². The Morgan fingerprint density at radius 3 is 2.77 bits per heavy atom. The second-order valence-corrected chi connectivity index (χ2v) is 9.07. The Hall–Kier alpha value is -2.13. The predicted octanol–water partition coefficient (Wildman–Crippen LogP) is 3.20. The number of carbonyl (C=O) groups is 1. The summed E-state index contributed by atoms with van der Waals surface area (Å²) >= 11 is 1.24. The summed E-state index contributed by atoms with van der Waals surface area (Å²) in [6.07, 6.45) is -0.156. The van der Waals surface area contributed by atoms with Gasteiger partial charge in [0.25, 0.3) is 10.0 Å². The van der Waals surface area contributed by atoms with E-state index in [1.165, 1.54) is 35.3 Å². The Morgan fingerprint density at radius 1 is 1.42 bits per heavy atom. The molecule has 1 N–H and O–H groups in total. The Morgan fingerprint density at radius 2 is 2.15 bits per heavy atom. The molecule has 1 amide bonds. The summed E-state index contributed by atoms with van der Waals surface area (Å²) in [5, 5.41) is 2.15. The minimum Gasteiger partial charge on any atom is -0.487 e. The van der Waals surface area contributed by atoms with E-state index in [1.807, 2.05) is 26.2 Å². The quantitative estimate of drug-likeness (QED) is 0.859. The Balaban J connectivity index is 1.93. The number of sulfonamides is 1. The van der Waals surface area contributed by atoms with Gasteiger partial charge in [-0.25, -0.2) is 13.4 Å². The third kappa shape index (κ3) is 3.68. The minimum absolute atomic E-state index is 0.0574. The first-order chi connectivity index (χ1) is 12.2. The zero-order valence-corrected chi connectivity index (χ0v) is 16.6. The number of hydrogen-bond donors (Lipinski definition) is 1. The molecule has 1 aromatic carbocycles. The van der Waals surface area contributed by atoms with E-state index in [9.17, 15) is 13.2 Å². The molecule has 0 radical (unpaired) electrons. The number of aromatic nitrogens is 1. The maximum absolute atomic E-state index is 12.7. The lowest BCUT2D eigenvalue weighted by atomic mass is 10.2. The van der Waals surface area contributed by atoms with E-state index in [0.717, 1.165) is 5.69 Å². The fourth-order valence-electron chi connectivity index (χ4n) is 2.65. The van der Waals surface area contributed by atoms with E-state index < -0.39 is 10.0 Å². The highest BCUT2D eigenvalue weighted by molar-refractivity contribution is 7.93. The van der Waals surface area contributed by atoms with Gasteiger partial charge in [0.2, 0.25) is 5.91 Å². The van der Waals surface area contributed by atoms with Crippen LogP contribution in [0.4, 0.5) is 10.8 Å². The first kappa shape index (κ1) is 18.7. The van der Waals surface area contributed by atoms with Crippen LogP contribution in [-0.2, 0) is 14.8 Å². The molecule has 1 atom stereocenters. The zero-order valence-electron chi connectivity index (χ0n) is 15.0. The Bertz CT molecular complexity index is 937. The molecule has 3 rings (SSSR count). The first-order valence-electron chi connectivity index (χ1n) is 8.24. The van der Waals surface area contributed by atoms with Gasteiger partial charge in [-0.3, -0.25) is 9.52 Å². The maximum Gasteiger partial charge on any atom is 0.263 e. The lowest BCUT2D eigenvalue weighted by Gasteiger charge is -2.33. The normalized spacial score (nSPS) is 17.0. The molecule has 1 aliphatic rings. The molecule has 9 heteroatoms. The van der Waals surface area contributed by atoms with E-state index >= 15 is 0 Å². The smallest absolute Gasteiger partial charge is 0.263 e. The fourth-order valence-corrected chi connectivity index (χ4v) is 4.80. The highest BCUT2D eigenvalue weighted by atomic mass is 32.2. The van der Waals surface area contributed by atoms with Crippen molar-refractivity contribution in [2.24, 2.45) is 0 Å². The average molecular weight is 396 g/mol. The topological polar surface area (TPSA) is 88.6 Å². The van der Waals surface area contributed by atoms with Crippen LogP contribution in [0.5, 0.6) is 5.75 Å². The summed E-state index contributed by atoms with van der Waals surface area (Å²) in [7, 11) is -3.82. The number of benzene rings is 1. The molecule has 1 unspecified atom stereocenters. The number of thiazole rings is 1. The summed E-state index contributed by atoms with van der Waals surface area (Å²) in [6, 6.07) is 4.51. The van der Waals surface area contributed by atoms with Crippen LogP contribution in [0.3, 0.4) is 0 Å². The van der Waals surface area contributed by atoms with Crippen molar-refractivity contribution < 1.29 is 17.9 Å². The van der Waals surface area contributed by atoms with Gasteiger partial charge in [0.15, 0.2) is 5.13 Å². The average Bonchev–Trinajstić information content (AvgIpc) is 3.01. The van der Waals surface area contributed by atoms with Crippen molar-refractivity contribution in [1.82, 2.24) is 4.98 Å². The molecule has 140 valence electrons. The molecular formula is C17H21N3O4S2. The van der Waals surface area contributed by atoms with Crippen LogP contribution in [-0.4, -0.2) is 32.0 Å². The highest BCUT2D eigenvalue weighted by Crippen LogP contribution is 2.36. The van der Waals surface area contributed by atoms with Crippen LogP contribution in [0.1, 0.15) is 39.3 Å². The van der Waals surface area contributed by atoms with Gasteiger partial charge in [-0.05, 0) is 31.0 Å². The summed E-state index contributed by atoms with van der Waals surface area (Å²) in [6.45, 7) is 7.68. The number of amides is 1. The molecule has 0 aliphatic carbocycles. The Kier molecular flexibility index (Phi) is 4.94. The van der Waals surface area contributed by atoms with Crippen molar-refractivity contribution in [3.63, 3.8) is 0 Å². The molecule has 26 heavy (non-hydrogen) atoms. The van der Waals surface area contributed by atoms with Crippen molar-refractivity contribution in [2.75, 3.05) is 16.2 Å². The largest absolute Gasteiger partial charge is 0.487 e. The van der Waals surface area contributed by atoms with Gasteiger partial charge < -0.3 is 9.64 Å². The zero-order chi connectivity index (χ0) is 19.1. The molecule has 0 fully saturated rings. The Labute approximate surface area is 157 Å². The number of nitrogens with zero attached hydrogens (tertiary/aromatic N) is 2. The standard InChI is InChI=1S/C17H21N3O4S2/c1-10(2)14-9-25-17(18-14)19-26(22,23)13-5-6-16-15(7-13)20(12(4)21)8-11(3)24-16/h5-7,9-11H,8H2,1-4H3,(H,18,19). The second-order valence-electron chi connectivity index (χ2n) is 6.53. The second kappa shape index (κ2) is 6.88. The minimum atomic E-state index is -3.82. The van der Waals surface area contributed by atoms with Crippen LogP contribution < -0.4 is 14.4 Å². The van der Waals surface area contributed by atoms with Gasteiger partial charge in [0, 0.05) is 12.3 Å². The third-order valence-electron chi connectivity index (χ3n) is 4.01. The number of nitrogens with one attached hydrogen (secondary N) is 1. The van der Waals surface area contributed by atoms with Crippen molar-refractivity contribution in [3.8, 4) is 5.75 Å². The van der Waals surface area contributed by atoms with Crippen LogP contribution in [0, 0.1) is 0 Å². The molecule has 0 bridgehead atoms. The molecule has 1 aliphatic heterocycles. The van der Waals surface area contributed by atoms with E-state index in [2.05, 4.69) is 9.71 Å². The number of fused-ring (bicyclic) bond motifs is 1. The summed E-state index contributed by atoms with van der Waals surface area (Å²) in [5.41, 5.74) is 1.30. The van der Waals surface area contributed by atoms with Gasteiger partial charge in [-0.1, -0.05) is 13.8 Å². The lowest BCUT2D eigenvalue weighted by molar-refractivity contribution is -0.117. The monoisotopic (exact) mass is 395 g/mol. The van der Waals surface area contributed by atoms with Gasteiger partial charge in [0.1, 0.15) is 11.9 Å².